The maximum atomic E-state index is 12.0. The maximum Gasteiger partial charge on any atom is 0.335 e. The summed E-state index contributed by atoms with van der Waals surface area (Å²) < 4.78 is 22.9. The van der Waals surface area contributed by atoms with Gasteiger partial charge in [-0.3, -0.25) is 0 Å². The number of carbonyl (C=O) groups excluding carboxylic acids is 1. The van der Waals surface area contributed by atoms with E-state index in [1.165, 1.54) is 16.5 Å². The van der Waals surface area contributed by atoms with Crippen LogP contribution in [0.5, 0.6) is 0 Å². The highest BCUT2D eigenvalue weighted by Gasteiger charge is 2.28. The van der Waals surface area contributed by atoms with Crippen LogP contribution in [0.15, 0.2) is 35.4 Å². The number of amides is 2. The molecule has 7 heteroatoms. The molecule has 2 aliphatic rings. The second-order valence-electron chi connectivity index (χ2n) is 6.99. The van der Waals surface area contributed by atoms with Crippen LogP contribution in [-0.4, -0.2) is 37.7 Å². The van der Waals surface area contributed by atoms with E-state index in [9.17, 15) is 13.2 Å². The molecule has 4 rings (SSSR count). The minimum atomic E-state index is -3.02. The molecule has 2 aromatic rings. The molecule has 0 aromatic heterocycles. The smallest absolute Gasteiger partial charge is 0.333 e. The zero-order valence-corrected chi connectivity index (χ0v) is 15.4. The zero-order valence-electron chi connectivity index (χ0n) is 14.6. The summed E-state index contributed by atoms with van der Waals surface area (Å²) in [4.78, 5) is 12.0. The van der Waals surface area contributed by atoms with Crippen LogP contribution in [0.1, 0.15) is 30.0 Å². The highest BCUT2D eigenvalue weighted by molar-refractivity contribution is 7.91. The first-order valence-corrected chi connectivity index (χ1v) is 10.6. The first-order valence-electron chi connectivity index (χ1n) is 8.78. The van der Waals surface area contributed by atoms with Crippen molar-refractivity contribution in [3.8, 4) is 0 Å². The van der Waals surface area contributed by atoms with Crippen LogP contribution in [0.3, 0.4) is 0 Å². The predicted molar refractivity (Wildman–Crippen MR) is 102 cm³/mol. The average molecular weight is 371 g/mol. The zero-order chi connectivity index (χ0) is 18.3. The van der Waals surface area contributed by atoms with E-state index < -0.39 is 15.9 Å². The van der Waals surface area contributed by atoms with E-state index in [0.717, 1.165) is 29.5 Å². The molecule has 26 heavy (non-hydrogen) atoms. The Balaban J connectivity index is 1.51. The molecule has 1 aliphatic carbocycles. The highest BCUT2D eigenvalue weighted by Crippen LogP contribution is 2.32. The Labute approximate surface area is 152 Å². The van der Waals surface area contributed by atoms with Crippen LogP contribution in [-0.2, 0) is 22.7 Å². The Bertz CT molecular complexity index is 1020. The molecular weight excluding hydrogens is 350 g/mol. The van der Waals surface area contributed by atoms with Gasteiger partial charge in [0.25, 0.3) is 0 Å². The number of carbonyl (C=O) groups is 1. The lowest BCUT2D eigenvalue weighted by molar-refractivity contribution is 0.238. The van der Waals surface area contributed by atoms with E-state index in [-0.39, 0.29) is 17.5 Å². The molecule has 1 atom stereocenters. The molecule has 1 saturated heterocycles. The topological polar surface area (TPSA) is 87.6 Å². The molecule has 1 heterocycles. The van der Waals surface area contributed by atoms with Crippen LogP contribution < -0.4 is 10.7 Å². The van der Waals surface area contributed by atoms with Gasteiger partial charge in [-0.05, 0) is 48.1 Å². The predicted octanol–water partition coefficient (Wildman–Crippen LogP) is 2.15. The van der Waals surface area contributed by atoms with Crippen molar-refractivity contribution < 1.29 is 13.2 Å². The second kappa shape index (κ2) is 6.39. The number of nitrogens with one attached hydrogen (secondary N) is 2. The summed E-state index contributed by atoms with van der Waals surface area (Å²) in [5, 5.41) is 9.34. The third-order valence-electron chi connectivity index (χ3n) is 5.16. The summed E-state index contributed by atoms with van der Waals surface area (Å²) in [5.74, 6) is 0.124. The van der Waals surface area contributed by atoms with Crippen molar-refractivity contribution in [2.45, 2.75) is 32.2 Å². The van der Waals surface area contributed by atoms with Gasteiger partial charge in [-0.2, -0.15) is 5.10 Å². The van der Waals surface area contributed by atoms with Gasteiger partial charge >= 0.3 is 6.03 Å². The summed E-state index contributed by atoms with van der Waals surface area (Å²) in [5.41, 5.74) is 6.92. The fraction of sp³-hybridized carbons (Fsp3) is 0.368. The van der Waals surface area contributed by atoms with E-state index in [2.05, 4.69) is 46.2 Å². The van der Waals surface area contributed by atoms with Gasteiger partial charge in [0.15, 0.2) is 9.84 Å². The first-order chi connectivity index (χ1) is 12.4. The summed E-state index contributed by atoms with van der Waals surface area (Å²) in [7, 11) is -3.02. The molecule has 0 spiro atoms. The van der Waals surface area contributed by atoms with Crippen LogP contribution >= 0.6 is 0 Å². The number of benzene rings is 2. The Morgan fingerprint density at radius 3 is 2.65 bits per heavy atom. The summed E-state index contributed by atoms with van der Waals surface area (Å²) in [6, 6.07) is 9.68. The van der Waals surface area contributed by atoms with E-state index in [0.29, 0.717) is 6.42 Å². The van der Waals surface area contributed by atoms with Crippen molar-refractivity contribution in [1.82, 2.24) is 10.7 Å². The maximum absolute atomic E-state index is 12.0. The highest BCUT2D eigenvalue weighted by atomic mass is 32.2. The van der Waals surface area contributed by atoms with Gasteiger partial charge in [0, 0.05) is 11.6 Å². The number of sulfone groups is 1. The van der Waals surface area contributed by atoms with Crippen LogP contribution in [0.2, 0.25) is 0 Å². The largest absolute Gasteiger partial charge is 0.335 e. The molecule has 0 bridgehead atoms. The fourth-order valence-corrected chi connectivity index (χ4v) is 5.56. The summed E-state index contributed by atoms with van der Waals surface area (Å²) >= 11 is 0. The Morgan fingerprint density at radius 2 is 1.92 bits per heavy atom. The van der Waals surface area contributed by atoms with Gasteiger partial charge in [-0.1, -0.05) is 30.3 Å². The molecule has 0 unspecified atom stereocenters. The molecule has 1 fully saturated rings. The van der Waals surface area contributed by atoms with Gasteiger partial charge in [-0.15, -0.1) is 0 Å². The molecule has 6 nitrogen and oxygen atoms in total. The number of rotatable bonds is 3. The fourth-order valence-electron chi connectivity index (χ4n) is 3.88. The van der Waals surface area contributed by atoms with Crippen molar-refractivity contribution in [2.75, 3.05) is 11.5 Å². The van der Waals surface area contributed by atoms with E-state index >= 15 is 0 Å². The van der Waals surface area contributed by atoms with Gasteiger partial charge in [0.05, 0.1) is 17.2 Å². The van der Waals surface area contributed by atoms with Crippen LogP contribution in [0.25, 0.3) is 10.8 Å². The first kappa shape index (κ1) is 17.0. The van der Waals surface area contributed by atoms with E-state index in [1.807, 2.05) is 6.92 Å². The molecule has 0 saturated carbocycles. The summed E-state index contributed by atoms with van der Waals surface area (Å²) in [6.45, 7) is 1.86. The van der Waals surface area contributed by atoms with Gasteiger partial charge in [0.1, 0.15) is 0 Å². The molecular formula is C19H21N3O3S. The molecule has 2 aromatic carbocycles. The number of nitrogens with zero attached hydrogens (tertiary/aromatic N) is 1. The average Bonchev–Trinajstić information content (AvgIpc) is 3.17. The van der Waals surface area contributed by atoms with Crippen LogP contribution in [0, 0.1) is 0 Å². The van der Waals surface area contributed by atoms with Gasteiger partial charge in [0.2, 0.25) is 0 Å². The van der Waals surface area contributed by atoms with Gasteiger partial charge in [-0.25, -0.2) is 18.6 Å². The molecule has 136 valence electrons. The Kier molecular flexibility index (Phi) is 4.19. The monoisotopic (exact) mass is 371 g/mol. The van der Waals surface area contributed by atoms with E-state index in [4.69, 9.17) is 0 Å². The lowest BCUT2D eigenvalue weighted by atomic mass is 9.98. The van der Waals surface area contributed by atoms with Crippen molar-refractivity contribution >= 4 is 32.4 Å². The molecule has 1 aliphatic heterocycles. The van der Waals surface area contributed by atoms with Gasteiger partial charge < -0.3 is 5.32 Å². The number of hydrazone groups is 1. The number of aryl methyl sites for hydroxylation is 2. The lowest BCUT2D eigenvalue weighted by Gasteiger charge is -2.11. The summed E-state index contributed by atoms with van der Waals surface area (Å²) in [6.07, 6.45) is 2.59. The number of hydrogen-bond acceptors (Lipinski definition) is 4. The number of hydrogen-bond donors (Lipinski definition) is 2. The second-order valence-corrected chi connectivity index (χ2v) is 9.22. The lowest BCUT2D eigenvalue weighted by Crippen LogP contribution is -2.41. The van der Waals surface area contributed by atoms with Crippen molar-refractivity contribution in [2.24, 2.45) is 5.10 Å². The third kappa shape index (κ3) is 3.19. The van der Waals surface area contributed by atoms with Crippen molar-refractivity contribution in [3.05, 3.63) is 47.0 Å². The quantitative estimate of drug-likeness (QED) is 0.640. The molecule has 2 N–H and O–H groups in total. The Morgan fingerprint density at radius 1 is 1.15 bits per heavy atom. The standard InChI is InChI=1S/C19H21N3O3S/c1-12(21-22-19(23)20-15-9-10-26(24,25)11-15)16-8-7-14-6-5-13-3-2-4-17(16)18(13)14/h2-4,7-8,15H,5-6,9-11H2,1H3,(H2,20,22,23)/t15-/m0/s1. The normalized spacial score (nSPS) is 21.1. The third-order valence-corrected chi connectivity index (χ3v) is 6.93. The Hall–Kier alpha value is -2.41. The molecule has 0 radical (unpaired) electrons. The SMILES string of the molecule is CC(=NNC(=O)N[C@H]1CCS(=O)(=O)C1)c1ccc2c3c(cccc13)CC2. The number of urea groups is 1. The van der Waals surface area contributed by atoms with Crippen molar-refractivity contribution in [1.29, 1.82) is 0 Å². The van der Waals surface area contributed by atoms with E-state index in [1.54, 1.807) is 0 Å². The van der Waals surface area contributed by atoms with Crippen molar-refractivity contribution in [3.63, 3.8) is 0 Å². The minimum Gasteiger partial charge on any atom is -0.333 e. The van der Waals surface area contributed by atoms with Crippen LogP contribution in [0.4, 0.5) is 4.79 Å². The minimum absolute atomic E-state index is 0.00199. The molecule has 2 amide bonds.